The average Bonchev–Trinajstić information content (AvgIpc) is 3.28. The smallest absolute Gasteiger partial charge is 0.168 e. The highest BCUT2D eigenvalue weighted by Gasteiger charge is 2.36. The third-order valence-corrected chi connectivity index (χ3v) is 6.23. The molecule has 130 valence electrons. The summed E-state index contributed by atoms with van der Waals surface area (Å²) in [5.41, 5.74) is 12.1. The molecule has 0 saturated heterocycles. The van der Waals surface area contributed by atoms with Gasteiger partial charge >= 0.3 is 0 Å². The topological polar surface area (TPSA) is 63.4 Å². The van der Waals surface area contributed by atoms with Crippen LogP contribution in [0.25, 0.3) is 6.08 Å². The average molecular weight is 346 g/mol. The standard InChI is InChI=1S/C19H26N2O2S/c1-11(2)9-21-10-15-14(8-17(21)12-3-4-12)18(24(22)23)7-13-5-6-16(20)19(13)15/h7-8,11-12,16,24H,3-6,9-10,20H2,1-2H3/t16-/m0/s1. The molecule has 2 aliphatic carbocycles. The van der Waals surface area contributed by atoms with Crippen molar-refractivity contribution in [3.05, 3.63) is 34.0 Å². The van der Waals surface area contributed by atoms with Gasteiger partial charge in [0.15, 0.2) is 10.7 Å². The van der Waals surface area contributed by atoms with E-state index < -0.39 is 10.7 Å². The molecular formula is C19H26N2O2S. The minimum atomic E-state index is -2.58. The monoisotopic (exact) mass is 346 g/mol. The van der Waals surface area contributed by atoms with Gasteiger partial charge in [0.1, 0.15) is 0 Å². The van der Waals surface area contributed by atoms with Crippen molar-refractivity contribution in [1.29, 1.82) is 0 Å². The van der Waals surface area contributed by atoms with Crippen LogP contribution in [-0.4, -0.2) is 19.9 Å². The Balaban J connectivity index is 1.90. The van der Waals surface area contributed by atoms with E-state index in [1.165, 1.54) is 24.1 Å². The van der Waals surface area contributed by atoms with Crippen molar-refractivity contribution in [2.75, 3.05) is 6.54 Å². The third-order valence-electron chi connectivity index (χ3n) is 5.46. The molecule has 1 aliphatic heterocycles. The molecule has 0 bridgehead atoms. The Bertz CT molecular complexity index is 783. The number of aryl methyl sites for hydroxylation is 1. The van der Waals surface area contributed by atoms with Crippen molar-refractivity contribution in [1.82, 2.24) is 4.90 Å². The highest BCUT2D eigenvalue weighted by molar-refractivity contribution is 7.72. The Morgan fingerprint density at radius 3 is 2.67 bits per heavy atom. The van der Waals surface area contributed by atoms with E-state index in [9.17, 15) is 8.42 Å². The van der Waals surface area contributed by atoms with E-state index in [2.05, 4.69) is 24.8 Å². The van der Waals surface area contributed by atoms with Gasteiger partial charge in [-0.3, -0.25) is 0 Å². The van der Waals surface area contributed by atoms with E-state index in [-0.39, 0.29) is 6.04 Å². The fourth-order valence-corrected chi connectivity index (χ4v) is 4.97. The third kappa shape index (κ3) is 2.68. The van der Waals surface area contributed by atoms with Gasteiger partial charge in [-0.25, -0.2) is 8.42 Å². The summed E-state index contributed by atoms with van der Waals surface area (Å²) in [6.07, 6.45) is 6.41. The number of nitrogens with two attached hydrogens (primary N) is 1. The zero-order chi connectivity index (χ0) is 17.0. The first-order chi connectivity index (χ1) is 11.5. The Kier molecular flexibility index (Phi) is 3.96. The van der Waals surface area contributed by atoms with E-state index in [1.54, 1.807) is 0 Å². The lowest BCUT2D eigenvalue weighted by molar-refractivity contribution is 0.280. The van der Waals surface area contributed by atoms with Crippen molar-refractivity contribution in [3.63, 3.8) is 0 Å². The summed E-state index contributed by atoms with van der Waals surface area (Å²) in [4.78, 5) is 2.97. The molecule has 4 rings (SSSR count). The van der Waals surface area contributed by atoms with Crippen LogP contribution in [0.5, 0.6) is 0 Å². The van der Waals surface area contributed by atoms with Gasteiger partial charge in [-0.1, -0.05) is 13.8 Å². The molecule has 1 fully saturated rings. The Morgan fingerprint density at radius 1 is 1.29 bits per heavy atom. The van der Waals surface area contributed by atoms with Gasteiger partial charge in [0.2, 0.25) is 0 Å². The normalized spacial score (nSPS) is 22.8. The maximum atomic E-state index is 11.9. The SMILES string of the molecule is CC(C)CN1Cc2c(c([SH](=O)=O)cc3c2[C@@H](N)CC3)C=C1C1CC1. The number of fused-ring (bicyclic) bond motifs is 3. The van der Waals surface area contributed by atoms with Gasteiger partial charge in [0.05, 0.1) is 4.90 Å². The van der Waals surface area contributed by atoms with Crippen molar-refractivity contribution in [2.24, 2.45) is 17.6 Å². The molecule has 5 heteroatoms. The zero-order valence-corrected chi connectivity index (χ0v) is 15.3. The van der Waals surface area contributed by atoms with Crippen LogP contribution in [0.1, 0.15) is 61.4 Å². The molecule has 0 unspecified atom stereocenters. The predicted octanol–water partition coefficient (Wildman–Crippen LogP) is 2.83. The van der Waals surface area contributed by atoms with Gasteiger partial charge in [-0.2, -0.15) is 0 Å². The molecule has 1 heterocycles. The molecule has 0 amide bonds. The highest BCUT2D eigenvalue weighted by atomic mass is 32.2. The van der Waals surface area contributed by atoms with Crippen molar-refractivity contribution < 1.29 is 8.42 Å². The molecule has 3 aliphatic rings. The van der Waals surface area contributed by atoms with Crippen LogP contribution in [0.2, 0.25) is 0 Å². The number of hydrogen-bond acceptors (Lipinski definition) is 4. The summed E-state index contributed by atoms with van der Waals surface area (Å²) in [6.45, 7) is 6.30. The lowest BCUT2D eigenvalue weighted by Gasteiger charge is -2.35. The van der Waals surface area contributed by atoms with Gasteiger partial charge in [0, 0.05) is 24.8 Å². The van der Waals surface area contributed by atoms with Crippen LogP contribution in [0.4, 0.5) is 0 Å². The Hall–Kier alpha value is -1.33. The second-order valence-electron chi connectivity index (χ2n) is 7.88. The molecule has 1 aromatic carbocycles. The maximum Gasteiger partial charge on any atom is 0.168 e. The predicted molar refractivity (Wildman–Crippen MR) is 96.2 cm³/mol. The largest absolute Gasteiger partial charge is 0.370 e. The second-order valence-corrected chi connectivity index (χ2v) is 8.88. The van der Waals surface area contributed by atoms with E-state index in [0.29, 0.717) is 16.7 Å². The van der Waals surface area contributed by atoms with E-state index in [4.69, 9.17) is 5.73 Å². The van der Waals surface area contributed by atoms with Gasteiger partial charge < -0.3 is 10.6 Å². The number of benzene rings is 1. The van der Waals surface area contributed by atoms with Crippen molar-refractivity contribution in [3.8, 4) is 0 Å². The van der Waals surface area contributed by atoms with Gasteiger partial charge in [0.25, 0.3) is 0 Å². The van der Waals surface area contributed by atoms with Crippen LogP contribution in [-0.2, 0) is 23.7 Å². The molecule has 2 N–H and O–H groups in total. The van der Waals surface area contributed by atoms with Crippen LogP contribution in [0, 0.1) is 11.8 Å². The number of hydrogen-bond donors (Lipinski definition) is 2. The first-order valence-corrected chi connectivity index (χ1v) is 10.2. The quantitative estimate of drug-likeness (QED) is 0.823. The van der Waals surface area contributed by atoms with Crippen LogP contribution >= 0.6 is 0 Å². The molecule has 4 nitrogen and oxygen atoms in total. The highest BCUT2D eigenvalue weighted by Crippen LogP contribution is 2.46. The van der Waals surface area contributed by atoms with E-state index >= 15 is 0 Å². The lowest BCUT2D eigenvalue weighted by atomic mass is 9.91. The van der Waals surface area contributed by atoms with Crippen LogP contribution in [0.3, 0.4) is 0 Å². The number of allylic oxidation sites excluding steroid dienone is 1. The summed E-state index contributed by atoms with van der Waals surface area (Å²) in [7, 11) is -2.58. The fourth-order valence-electron chi connectivity index (χ4n) is 4.31. The fraction of sp³-hybridized carbons (Fsp3) is 0.579. The molecule has 1 aromatic rings. The Labute approximate surface area is 145 Å². The lowest BCUT2D eigenvalue weighted by Crippen LogP contribution is -2.31. The van der Waals surface area contributed by atoms with E-state index in [0.717, 1.165) is 42.6 Å². The van der Waals surface area contributed by atoms with Crippen molar-refractivity contribution >= 4 is 16.8 Å². The van der Waals surface area contributed by atoms with E-state index in [1.807, 2.05) is 6.07 Å². The minimum absolute atomic E-state index is 0.0455. The summed E-state index contributed by atoms with van der Waals surface area (Å²) >= 11 is 0. The summed E-state index contributed by atoms with van der Waals surface area (Å²) in [5.74, 6) is 1.19. The summed E-state index contributed by atoms with van der Waals surface area (Å²) in [6, 6.07) is 1.93. The van der Waals surface area contributed by atoms with Crippen molar-refractivity contribution in [2.45, 2.75) is 57.0 Å². The first-order valence-electron chi connectivity index (χ1n) is 9.01. The maximum absolute atomic E-state index is 11.9. The zero-order valence-electron chi connectivity index (χ0n) is 14.4. The second kappa shape index (κ2) is 5.88. The molecule has 24 heavy (non-hydrogen) atoms. The first kappa shape index (κ1) is 16.2. The molecule has 1 atom stereocenters. The minimum Gasteiger partial charge on any atom is -0.370 e. The molecule has 0 spiro atoms. The molecular weight excluding hydrogens is 320 g/mol. The molecule has 1 saturated carbocycles. The summed E-state index contributed by atoms with van der Waals surface area (Å²) < 4.78 is 23.7. The number of thiol groups is 1. The molecule has 0 radical (unpaired) electrons. The Morgan fingerprint density at radius 2 is 2.04 bits per heavy atom. The van der Waals surface area contributed by atoms with Crippen LogP contribution in [0.15, 0.2) is 16.7 Å². The van der Waals surface area contributed by atoms with Gasteiger partial charge in [-0.15, -0.1) is 0 Å². The van der Waals surface area contributed by atoms with Crippen LogP contribution < -0.4 is 5.73 Å². The van der Waals surface area contributed by atoms with Gasteiger partial charge in [-0.05, 0) is 71.9 Å². The number of nitrogens with zero attached hydrogens (tertiary/aromatic N) is 1. The number of rotatable bonds is 4. The molecule has 0 aromatic heterocycles. The summed E-state index contributed by atoms with van der Waals surface area (Å²) in [5, 5.41) is 0.